The Morgan fingerprint density at radius 1 is 1.21 bits per heavy atom. The fourth-order valence-electron chi connectivity index (χ4n) is 0.885. The number of amides is 1. The molecule has 0 aromatic rings. The normalized spacial score (nSPS) is 9.50. The quantitative estimate of drug-likeness (QED) is 0.622. The molecule has 80 valence electrons. The van der Waals surface area contributed by atoms with E-state index in [4.69, 9.17) is 5.11 Å². The largest absolute Gasteiger partial charge is 0.480 e. The Morgan fingerprint density at radius 3 is 2.36 bits per heavy atom. The first-order chi connectivity index (χ1) is 6.56. The second kappa shape index (κ2) is 7.06. The number of hydrogen-bond donors (Lipinski definition) is 2. The number of carboxylic acids is 1. The number of Topliss-reactive ketones (excluding diaryl/α,β-unsaturated/α-hetero) is 1. The molecule has 2 N–H and O–H groups in total. The molecule has 0 atom stereocenters. The first kappa shape index (κ1) is 12.6. The number of carbonyl (C=O) groups excluding carboxylic acids is 2. The monoisotopic (exact) mass is 201 g/mol. The van der Waals surface area contributed by atoms with Crippen LogP contribution in [-0.2, 0) is 14.4 Å². The van der Waals surface area contributed by atoms with Crippen molar-refractivity contribution in [2.75, 3.05) is 6.54 Å². The van der Waals surface area contributed by atoms with Crippen molar-refractivity contribution in [2.24, 2.45) is 0 Å². The average Bonchev–Trinajstić information content (AvgIpc) is 2.14. The fourth-order valence-corrected chi connectivity index (χ4v) is 0.885. The van der Waals surface area contributed by atoms with Crippen LogP contribution in [0.5, 0.6) is 0 Å². The molecule has 0 saturated heterocycles. The van der Waals surface area contributed by atoms with Crippen LogP contribution in [0.15, 0.2) is 0 Å². The summed E-state index contributed by atoms with van der Waals surface area (Å²) in [6.45, 7) is 1.41. The molecule has 0 saturated carbocycles. The van der Waals surface area contributed by atoms with Crippen molar-refractivity contribution in [1.82, 2.24) is 5.32 Å². The van der Waals surface area contributed by atoms with E-state index in [-0.39, 0.29) is 24.7 Å². The van der Waals surface area contributed by atoms with Gasteiger partial charge in [0.1, 0.15) is 12.3 Å². The molecule has 0 unspecified atom stereocenters. The second-order valence-corrected chi connectivity index (χ2v) is 2.92. The summed E-state index contributed by atoms with van der Waals surface area (Å²) in [6, 6.07) is 0. The molecule has 0 aliphatic carbocycles. The molecule has 1 amide bonds. The molecule has 5 nitrogen and oxygen atoms in total. The molecule has 0 spiro atoms. The van der Waals surface area contributed by atoms with Gasteiger partial charge in [-0.1, -0.05) is 6.92 Å². The summed E-state index contributed by atoms with van der Waals surface area (Å²) in [5.74, 6) is -1.27. The topological polar surface area (TPSA) is 83.5 Å². The molecule has 0 radical (unpaired) electrons. The lowest BCUT2D eigenvalue weighted by Gasteiger charge is -2.01. The van der Waals surface area contributed by atoms with Gasteiger partial charge in [-0.25, -0.2) is 0 Å². The minimum absolute atomic E-state index is 0.121. The van der Waals surface area contributed by atoms with Gasteiger partial charge in [-0.3, -0.25) is 14.4 Å². The lowest BCUT2D eigenvalue weighted by atomic mass is 10.1. The highest BCUT2D eigenvalue weighted by Gasteiger charge is 2.04. The molecule has 0 aromatic carbocycles. The van der Waals surface area contributed by atoms with Crippen molar-refractivity contribution in [2.45, 2.75) is 32.6 Å². The van der Waals surface area contributed by atoms with Crippen LogP contribution in [0.4, 0.5) is 0 Å². The second-order valence-electron chi connectivity index (χ2n) is 2.92. The fraction of sp³-hybridized carbons (Fsp3) is 0.667. The van der Waals surface area contributed by atoms with Gasteiger partial charge in [0.25, 0.3) is 0 Å². The summed E-state index contributed by atoms with van der Waals surface area (Å²) in [6.07, 6.45) is 1.56. The number of hydrogen-bond acceptors (Lipinski definition) is 3. The predicted octanol–water partition coefficient (Wildman–Crippen LogP) is 0.337. The van der Waals surface area contributed by atoms with E-state index in [1.54, 1.807) is 6.92 Å². The van der Waals surface area contributed by atoms with E-state index < -0.39 is 5.97 Å². The maximum absolute atomic E-state index is 10.9. The third-order valence-corrected chi connectivity index (χ3v) is 1.69. The maximum Gasteiger partial charge on any atom is 0.322 e. The van der Waals surface area contributed by atoms with Gasteiger partial charge < -0.3 is 10.4 Å². The Hall–Kier alpha value is -1.39. The van der Waals surface area contributed by atoms with Crippen molar-refractivity contribution in [1.29, 1.82) is 0 Å². The zero-order valence-electron chi connectivity index (χ0n) is 8.21. The van der Waals surface area contributed by atoms with E-state index >= 15 is 0 Å². The van der Waals surface area contributed by atoms with E-state index in [0.717, 1.165) is 0 Å². The molecule has 0 aromatic heterocycles. The third-order valence-electron chi connectivity index (χ3n) is 1.69. The Balaban J connectivity index is 3.45. The first-order valence-electron chi connectivity index (χ1n) is 4.56. The molecule has 5 heteroatoms. The van der Waals surface area contributed by atoms with Gasteiger partial charge in [0.15, 0.2) is 0 Å². The smallest absolute Gasteiger partial charge is 0.322 e. The zero-order valence-corrected chi connectivity index (χ0v) is 8.21. The average molecular weight is 201 g/mol. The number of aliphatic carboxylic acids is 1. The number of carboxylic acid groups (broad SMARTS) is 1. The predicted molar refractivity (Wildman–Crippen MR) is 49.8 cm³/mol. The van der Waals surface area contributed by atoms with Gasteiger partial charge in [0, 0.05) is 19.3 Å². The molecule has 0 fully saturated rings. The molecule has 14 heavy (non-hydrogen) atoms. The number of ketones is 1. The van der Waals surface area contributed by atoms with Gasteiger partial charge in [-0.2, -0.15) is 0 Å². The summed E-state index contributed by atoms with van der Waals surface area (Å²) in [5, 5.41) is 10.5. The van der Waals surface area contributed by atoms with Crippen LogP contribution in [-0.4, -0.2) is 29.3 Å². The van der Waals surface area contributed by atoms with Crippen LogP contribution in [0.1, 0.15) is 32.6 Å². The van der Waals surface area contributed by atoms with Crippen molar-refractivity contribution in [3.05, 3.63) is 0 Å². The summed E-state index contributed by atoms with van der Waals surface area (Å²) in [5.41, 5.74) is 0. The summed E-state index contributed by atoms with van der Waals surface area (Å²) < 4.78 is 0. The van der Waals surface area contributed by atoms with Crippen molar-refractivity contribution in [3.8, 4) is 0 Å². The van der Waals surface area contributed by atoms with Gasteiger partial charge in [-0.05, 0) is 6.42 Å². The third kappa shape index (κ3) is 7.27. The SMILES string of the molecule is CCC(=O)CCCC(=O)NCC(=O)O. The lowest BCUT2D eigenvalue weighted by Crippen LogP contribution is -2.29. The van der Waals surface area contributed by atoms with Crippen molar-refractivity contribution < 1.29 is 19.5 Å². The molecule has 0 aliphatic rings. The highest BCUT2D eigenvalue weighted by atomic mass is 16.4. The Bertz CT molecular complexity index is 225. The van der Waals surface area contributed by atoms with E-state index in [9.17, 15) is 14.4 Å². The van der Waals surface area contributed by atoms with E-state index in [1.807, 2.05) is 0 Å². The van der Waals surface area contributed by atoms with Gasteiger partial charge >= 0.3 is 5.97 Å². The molecule has 0 bridgehead atoms. The van der Waals surface area contributed by atoms with Crippen LogP contribution in [0, 0.1) is 0 Å². The van der Waals surface area contributed by atoms with Crippen LogP contribution < -0.4 is 5.32 Å². The van der Waals surface area contributed by atoms with Gasteiger partial charge in [0.2, 0.25) is 5.91 Å². The summed E-state index contributed by atoms with van der Waals surface area (Å²) >= 11 is 0. The Morgan fingerprint density at radius 2 is 1.86 bits per heavy atom. The Labute approximate surface area is 82.5 Å². The Kier molecular flexibility index (Phi) is 6.36. The molecule has 0 aliphatic heterocycles. The number of carbonyl (C=O) groups is 3. The van der Waals surface area contributed by atoms with E-state index in [2.05, 4.69) is 5.32 Å². The van der Waals surface area contributed by atoms with Gasteiger partial charge in [0.05, 0.1) is 0 Å². The van der Waals surface area contributed by atoms with Crippen LogP contribution in [0.25, 0.3) is 0 Å². The number of nitrogens with one attached hydrogen (secondary N) is 1. The van der Waals surface area contributed by atoms with Crippen molar-refractivity contribution in [3.63, 3.8) is 0 Å². The van der Waals surface area contributed by atoms with Crippen molar-refractivity contribution >= 4 is 17.7 Å². The molecular formula is C9H15NO4. The summed E-state index contributed by atoms with van der Waals surface area (Å²) in [7, 11) is 0. The summed E-state index contributed by atoms with van der Waals surface area (Å²) in [4.78, 5) is 31.8. The van der Waals surface area contributed by atoms with E-state index in [1.165, 1.54) is 0 Å². The minimum Gasteiger partial charge on any atom is -0.480 e. The maximum atomic E-state index is 10.9. The molecule has 0 heterocycles. The zero-order chi connectivity index (χ0) is 11.0. The van der Waals surface area contributed by atoms with Crippen LogP contribution >= 0.6 is 0 Å². The molecule has 0 rings (SSSR count). The lowest BCUT2D eigenvalue weighted by molar-refractivity contribution is -0.138. The first-order valence-corrected chi connectivity index (χ1v) is 4.56. The standard InChI is InChI=1S/C9H15NO4/c1-2-7(11)4-3-5-8(12)10-6-9(13)14/h2-6H2,1H3,(H,10,12)(H,13,14). The van der Waals surface area contributed by atoms with Gasteiger partial charge in [-0.15, -0.1) is 0 Å². The number of rotatable bonds is 7. The molecular weight excluding hydrogens is 186 g/mol. The highest BCUT2D eigenvalue weighted by molar-refractivity contribution is 5.82. The van der Waals surface area contributed by atoms with Crippen LogP contribution in [0.3, 0.4) is 0 Å². The minimum atomic E-state index is -1.07. The highest BCUT2D eigenvalue weighted by Crippen LogP contribution is 1.98. The van der Waals surface area contributed by atoms with Crippen LogP contribution in [0.2, 0.25) is 0 Å². The van der Waals surface area contributed by atoms with E-state index in [0.29, 0.717) is 19.3 Å².